The van der Waals surface area contributed by atoms with Gasteiger partial charge in [-0.25, -0.2) is 4.98 Å². The molecule has 0 unspecified atom stereocenters. The van der Waals surface area contributed by atoms with Crippen molar-refractivity contribution < 1.29 is 17.6 Å². The van der Waals surface area contributed by atoms with Crippen LogP contribution in [0.2, 0.25) is 5.02 Å². The fourth-order valence-corrected chi connectivity index (χ4v) is 3.26. The molecule has 27 heavy (non-hydrogen) atoms. The number of nitrogens with zero attached hydrogens (tertiary/aromatic N) is 5. The molecule has 6 nitrogen and oxygen atoms in total. The standard InChI is InChI=1S/C16H9ClF3N5OS/c17-10-3-6-12-13(7-10)26-15(21-12)27-8-14-22-23-24-25(14)11-4-1-9(2-5-11)16(18,19)20/h1-7H,8H2. The smallest absolute Gasteiger partial charge is 0.416 e. The third-order valence-electron chi connectivity index (χ3n) is 3.63. The summed E-state index contributed by atoms with van der Waals surface area (Å²) in [6.07, 6.45) is -4.40. The van der Waals surface area contributed by atoms with Gasteiger partial charge in [-0.3, -0.25) is 0 Å². The largest absolute Gasteiger partial charge is 0.431 e. The Bertz CT molecular complexity index is 1090. The predicted octanol–water partition coefficient (Wildman–Crippen LogP) is 4.77. The molecule has 2 aromatic carbocycles. The van der Waals surface area contributed by atoms with Crippen molar-refractivity contribution in [2.75, 3.05) is 0 Å². The lowest BCUT2D eigenvalue weighted by atomic mass is 10.2. The minimum atomic E-state index is -4.40. The molecule has 0 fully saturated rings. The monoisotopic (exact) mass is 411 g/mol. The number of rotatable bonds is 4. The maximum atomic E-state index is 12.7. The lowest BCUT2D eigenvalue weighted by Gasteiger charge is -2.08. The minimum absolute atomic E-state index is 0.314. The van der Waals surface area contributed by atoms with Crippen molar-refractivity contribution in [1.82, 2.24) is 25.2 Å². The molecule has 0 atom stereocenters. The van der Waals surface area contributed by atoms with Crippen LogP contribution < -0.4 is 0 Å². The average Bonchev–Trinajstić information content (AvgIpc) is 3.25. The van der Waals surface area contributed by atoms with Crippen molar-refractivity contribution in [2.24, 2.45) is 0 Å². The van der Waals surface area contributed by atoms with Crippen LogP contribution in [0.3, 0.4) is 0 Å². The van der Waals surface area contributed by atoms with Crippen molar-refractivity contribution >= 4 is 34.5 Å². The van der Waals surface area contributed by atoms with Gasteiger partial charge in [-0.05, 0) is 46.8 Å². The van der Waals surface area contributed by atoms with Crippen LogP contribution in [0, 0.1) is 0 Å². The van der Waals surface area contributed by atoms with Crippen LogP contribution in [0.5, 0.6) is 0 Å². The average molecular weight is 412 g/mol. The van der Waals surface area contributed by atoms with Crippen LogP contribution in [0.15, 0.2) is 52.1 Å². The third-order valence-corrected chi connectivity index (χ3v) is 4.69. The number of hydrogen-bond donors (Lipinski definition) is 0. The van der Waals surface area contributed by atoms with E-state index < -0.39 is 11.7 Å². The summed E-state index contributed by atoms with van der Waals surface area (Å²) >= 11 is 7.18. The van der Waals surface area contributed by atoms with Gasteiger partial charge in [0, 0.05) is 11.1 Å². The molecule has 0 N–H and O–H groups in total. The van der Waals surface area contributed by atoms with Crippen LogP contribution in [-0.4, -0.2) is 25.2 Å². The van der Waals surface area contributed by atoms with E-state index in [1.54, 1.807) is 18.2 Å². The molecule has 2 heterocycles. The zero-order chi connectivity index (χ0) is 19.0. The first-order chi connectivity index (χ1) is 12.9. The van der Waals surface area contributed by atoms with E-state index in [1.165, 1.54) is 28.6 Å². The van der Waals surface area contributed by atoms with Gasteiger partial charge in [-0.2, -0.15) is 17.9 Å². The molecule has 0 saturated heterocycles. The Labute approximate surface area is 159 Å². The number of aromatic nitrogens is 5. The van der Waals surface area contributed by atoms with Crippen LogP contribution in [0.4, 0.5) is 13.2 Å². The van der Waals surface area contributed by atoms with Crippen molar-refractivity contribution in [3.8, 4) is 5.69 Å². The molecule has 0 aliphatic rings. The summed E-state index contributed by atoms with van der Waals surface area (Å²) in [6, 6.07) is 9.73. The van der Waals surface area contributed by atoms with Gasteiger partial charge in [-0.1, -0.05) is 23.4 Å². The molecule has 2 aromatic heterocycles. The zero-order valence-electron chi connectivity index (χ0n) is 13.3. The molecule has 0 spiro atoms. The third kappa shape index (κ3) is 3.76. The highest BCUT2D eigenvalue weighted by molar-refractivity contribution is 7.98. The lowest BCUT2D eigenvalue weighted by Crippen LogP contribution is -2.06. The fraction of sp³-hybridized carbons (Fsp3) is 0.125. The van der Waals surface area contributed by atoms with Gasteiger partial charge < -0.3 is 4.42 Å². The first-order valence-electron chi connectivity index (χ1n) is 7.54. The molecular weight excluding hydrogens is 403 g/mol. The molecule has 138 valence electrons. The summed E-state index contributed by atoms with van der Waals surface area (Å²) in [7, 11) is 0. The molecule has 0 radical (unpaired) electrons. The number of fused-ring (bicyclic) bond motifs is 1. The van der Waals surface area contributed by atoms with Crippen molar-refractivity contribution in [2.45, 2.75) is 17.2 Å². The molecule has 0 amide bonds. The van der Waals surface area contributed by atoms with E-state index in [4.69, 9.17) is 16.0 Å². The van der Waals surface area contributed by atoms with E-state index in [1.807, 2.05) is 0 Å². The van der Waals surface area contributed by atoms with Crippen molar-refractivity contribution in [3.63, 3.8) is 0 Å². The van der Waals surface area contributed by atoms with E-state index in [0.717, 1.165) is 12.1 Å². The van der Waals surface area contributed by atoms with Gasteiger partial charge in [-0.15, -0.1) is 5.10 Å². The number of thioether (sulfide) groups is 1. The van der Waals surface area contributed by atoms with Crippen molar-refractivity contribution in [1.29, 1.82) is 0 Å². The zero-order valence-corrected chi connectivity index (χ0v) is 14.9. The van der Waals surface area contributed by atoms with Crippen molar-refractivity contribution in [3.05, 3.63) is 58.9 Å². The second kappa shape index (κ2) is 6.86. The Morgan fingerprint density at radius 2 is 1.89 bits per heavy atom. The summed E-state index contributed by atoms with van der Waals surface area (Å²) in [5.74, 6) is 0.759. The Morgan fingerprint density at radius 1 is 1.11 bits per heavy atom. The Kier molecular flexibility index (Phi) is 4.52. The number of hydrogen-bond acceptors (Lipinski definition) is 6. The number of halogens is 4. The van der Waals surface area contributed by atoms with Crippen LogP contribution in [0.25, 0.3) is 16.8 Å². The number of benzene rings is 2. The summed E-state index contributed by atoms with van der Waals surface area (Å²) in [5, 5.41) is 12.3. The predicted molar refractivity (Wildman–Crippen MR) is 92.7 cm³/mol. The summed E-state index contributed by atoms with van der Waals surface area (Å²) < 4.78 is 45.0. The molecule has 0 aliphatic carbocycles. The van der Waals surface area contributed by atoms with Crippen LogP contribution in [-0.2, 0) is 11.9 Å². The summed E-state index contributed by atoms with van der Waals surface area (Å²) in [6.45, 7) is 0. The minimum Gasteiger partial charge on any atom is -0.431 e. The molecule has 0 aliphatic heterocycles. The molecule has 4 rings (SSSR count). The van der Waals surface area contributed by atoms with Crippen LogP contribution >= 0.6 is 23.4 Å². The lowest BCUT2D eigenvalue weighted by molar-refractivity contribution is -0.137. The van der Waals surface area contributed by atoms with Gasteiger partial charge in [0.25, 0.3) is 5.22 Å². The first kappa shape index (κ1) is 17.8. The summed E-state index contributed by atoms with van der Waals surface area (Å²) in [4.78, 5) is 4.33. The molecular formula is C16H9ClF3N5OS. The molecule has 0 bridgehead atoms. The fourth-order valence-electron chi connectivity index (χ4n) is 2.35. The SMILES string of the molecule is FC(F)(F)c1ccc(-n2nnnc2CSc2nc3ccc(Cl)cc3o2)cc1. The number of tetrazole rings is 1. The number of oxazole rings is 1. The van der Waals surface area contributed by atoms with Crippen LogP contribution in [0.1, 0.15) is 11.4 Å². The first-order valence-corrected chi connectivity index (χ1v) is 8.90. The normalized spacial score (nSPS) is 12.0. The Balaban J connectivity index is 1.53. The van der Waals surface area contributed by atoms with Gasteiger partial charge in [0.05, 0.1) is 17.0 Å². The molecule has 11 heteroatoms. The van der Waals surface area contributed by atoms with Gasteiger partial charge in [0.1, 0.15) is 5.52 Å². The topological polar surface area (TPSA) is 69.6 Å². The van der Waals surface area contributed by atoms with Gasteiger partial charge >= 0.3 is 6.18 Å². The highest BCUT2D eigenvalue weighted by atomic mass is 35.5. The van der Waals surface area contributed by atoms with Gasteiger partial charge in [0.2, 0.25) is 0 Å². The quantitative estimate of drug-likeness (QED) is 0.451. The maximum absolute atomic E-state index is 12.7. The maximum Gasteiger partial charge on any atom is 0.416 e. The molecule has 4 aromatic rings. The van der Waals surface area contributed by atoms with E-state index in [2.05, 4.69) is 20.5 Å². The highest BCUT2D eigenvalue weighted by Crippen LogP contribution is 2.30. The van der Waals surface area contributed by atoms with E-state index in [0.29, 0.717) is 38.6 Å². The Morgan fingerprint density at radius 3 is 2.63 bits per heavy atom. The molecule has 0 saturated carbocycles. The van der Waals surface area contributed by atoms with Gasteiger partial charge in [0.15, 0.2) is 11.4 Å². The highest BCUT2D eigenvalue weighted by Gasteiger charge is 2.30. The van der Waals surface area contributed by atoms with E-state index in [9.17, 15) is 13.2 Å². The number of alkyl halides is 3. The summed E-state index contributed by atoms with van der Waals surface area (Å²) in [5.41, 5.74) is 0.921. The van der Waals surface area contributed by atoms with E-state index >= 15 is 0 Å². The van der Waals surface area contributed by atoms with E-state index in [-0.39, 0.29) is 0 Å². The second-order valence-corrected chi connectivity index (χ2v) is 6.80. The second-order valence-electron chi connectivity index (χ2n) is 5.43. The Hall–Kier alpha value is -2.59.